The molecule has 1 aromatic heterocycles. The predicted octanol–water partition coefficient (Wildman–Crippen LogP) is 1.77. The molecule has 0 spiro atoms. The number of nitrogens with one attached hydrogen (secondary N) is 1. The van der Waals surface area contributed by atoms with Gasteiger partial charge in [0.1, 0.15) is 5.76 Å². The minimum Gasteiger partial charge on any atom is -0.453 e. The fraction of sp³-hybridized carbons (Fsp3) is 0.286. The molecular formula is C7H9NO3. The first kappa shape index (κ1) is 7.65. The average molecular weight is 155 g/mol. The Morgan fingerprint density at radius 3 is 2.82 bits per heavy atom. The van der Waals surface area contributed by atoms with Crippen LogP contribution >= 0.6 is 0 Å². The first-order valence-electron chi connectivity index (χ1n) is 3.14. The molecule has 0 aliphatic carbocycles. The molecule has 0 unspecified atom stereocenters. The molecule has 0 aromatic carbocycles. The molecule has 0 saturated heterocycles. The average Bonchev–Trinajstić information content (AvgIpc) is 2.35. The number of hydrogen-bond donors (Lipinski definition) is 1. The Hall–Kier alpha value is -1.45. The molecular weight excluding hydrogens is 146 g/mol. The third-order valence-corrected chi connectivity index (χ3v) is 1.15. The van der Waals surface area contributed by atoms with Crippen molar-refractivity contribution < 1.29 is 13.9 Å². The van der Waals surface area contributed by atoms with Crippen molar-refractivity contribution in [3.63, 3.8) is 0 Å². The monoisotopic (exact) mass is 155 g/mol. The number of methoxy groups -OCH3 is 1. The number of hydrogen-bond acceptors (Lipinski definition) is 3. The van der Waals surface area contributed by atoms with Crippen molar-refractivity contribution in [3.8, 4) is 0 Å². The van der Waals surface area contributed by atoms with Gasteiger partial charge in [0.25, 0.3) is 0 Å². The van der Waals surface area contributed by atoms with Crippen LogP contribution in [0.5, 0.6) is 0 Å². The SMILES string of the molecule is COC(=O)Nc1ccc(C)o1. The van der Waals surface area contributed by atoms with Crippen molar-refractivity contribution >= 4 is 12.0 Å². The first-order chi connectivity index (χ1) is 5.22. The molecule has 4 heteroatoms. The van der Waals surface area contributed by atoms with Crippen LogP contribution in [0.2, 0.25) is 0 Å². The molecule has 60 valence electrons. The van der Waals surface area contributed by atoms with E-state index >= 15 is 0 Å². The van der Waals surface area contributed by atoms with Gasteiger partial charge in [0, 0.05) is 6.07 Å². The van der Waals surface area contributed by atoms with Crippen molar-refractivity contribution in [1.82, 2.24) is 0 Å². The zero-order chi connectivity index (χ0) is 8.27. The molecule has 0 radical (unpaired) electrons. The lowest BCUT2D eigenvalue weighted by atomic mass is 10.5. The maximum Gasteiger partial charge on any atom is 0.413 e. The van der Waals surface area contributed by atoms with E-state index < -0.39 is 6.09 Å². The summed E-state index contributed by atoms with van der Waals surface area (Å²) < 4.78 is 9.40. The van der Waals surface area contributed by atoms with Gasteiger partial charge in [-0.1, -0.05) is 0 Å². The number of furan rings is 1. The van der Waals surface area contributed by atoms with Crippen molar-refractivity contribution in [2.24, 2.45) is 0 Å². The molecule has 1 heterocycles. The zero-order valence-corrected chi connectivity index (χ0v) is 6.38. The zero-order valence-electron chi connectivity index (χ0n) is 6.38. The number of anilines is 1. The smallest absolute Gasteiger partial charge is 0.413 e. The van der Waals surface area contributed by atoms with Crippen molar-refractivity contribution in [3.05, 3.63) is 17.9 Å². The summed E-state index contributed by atoms with van der Waals surface area (Å²) in [6, 6.07) is 3.41. The van der Waals surface area contributed by atoms with E-state index in [1.165, 1.54) is 7.11 Å². The second kappa shape index (κ2) is 3.09. The molecule has 1 N–H and O–H groups in total. The number of carbonyl (C=O) groups is 1. The van der Waals surface area contributed by atoms with E-state index in [0.717, 1.165) is 5.76 Å². The summed E-state index contributed by atoms with van der Waals surface area (Å²) in [7, 11) is 1.30. The van der Waals surface area contributed by atoms with Gasteiger partial charge in [-0.25, -0.2) is 4.79 Å². The normalized spacial score (nSPS) is 9.27. The van der Waals surface area contributed by atoms with E-state index in [-0.39, 0.29) is 0 Å². The molecule has 0 aliphatic rings. The lowest BCUT2D eigenvalue weighted by molar-refractivity contribution is 0.186. The summed E-state index contributed by atoms with van der Waals surface area (Å²) in [6.07, 6.45) is -0.528. The van der Waals surface area contributed by atoms with Crippen molar-refractivity contribution in [2.45, 2.75) is 6.92 Å². The quantitative estimate of drug-likeness (QED) is 0.672. The second-order valence-electron chi connectivity index (χ2n) is 2.03. The minimum atomic E-state index is -0.528. The summed E-state index contributed by atoms with van der Waals surface area (Å²) in [4.78, 5) is 10.6. The summed E-state index contributed by atoms with van der Waals surface area (Å²) in [6.45, 7) is 1.79. The van der Waals surface area contributed by atoms with Gasteiger partial charge in [-0.2, -0.15) is 0 Å². The Bertz CT molecular complexity index is 254. The first-order valence-corrected chi connectivity index (χ1v) is 3.14. The highest BCUT2D eigenvalue weighted by Crippen LogP contribution is 2.11. The number of aryl methyl sites for hydroxylation is 1. The van der Waals surface area contributed by atoms with Crippen LogP contribution in [0, 0.1) is 6.92 Å². The molecule has 0 saturated carbocycles. The molecule has 0 aliphatic heterocycles. The minimum absolute atomic E-state index is 0.398. The largest absolute Gasteiger partial charge is 0.453 e. The van der Waals surface area contributed by atoms with Crippen molar-refractivity contribution in [2.75, 3.05) is 12.4 Å². The predicted molar refractivity (Wildman–Crippen MR) is 39.5 cm³/mol. The third kappa shape index (κ3) is 2.00. The number of ether oxygens (including phenoxy) is 1. The molecule has 4 nitrogen and oxygen atoms in total. The van der Waals surface area contributed by atoms with E-state index in [2.05, 4.69) is 10.1 Å². The fourth-order valence-corrected chi connectivity index (χ4v) is 0.653. The van der Waals surface area contributed by atoms with Crippen LogP contribution in [-0.4, -0.2) is 13.2 Å². The Balaban J connectivity index is 2.57. The molecule has 0 atom stereocenters. The van der Waals surface area contributed by atoms with Crippen LogP contribution in [0.15, 0.2) is 16.5 Å². The highest BCUT2D eigenvalue weighted by atomic mass is 16.5. The van der Waals surface area contributed by atoms with E-state index in [9.17, 15) is 4.79 Å². The van der Waals surface area contributed by atoms with E-state index in [4.69, 9.17) is 4.42 Å². The number of rotatable bonds is 1. The van der Waals surface area contributed by atoms with Crippen LogP contribution in [0.3, 0.4) is 0 Å². The van der Waals surface area contributed by atoms with Crippen molar-refractivity contribution in [1.29, 1.82) is 0 Å². The fourth-order valence-electron chi connectivity index (χ4n) is 0.653. The lowest BCUT2D eigenvalue weighted by Gasteiger charge is -1.97. The maximum atomic E-state index is 10.6. The summed E-state index contributed by atoms with van der Waals surface area (Å²) in [5, 5.41) is 2.38. The van der Waals surface area contributed by atoms with Crippen LogP contribution in [0.1, 0.15) is 5.76 Å². The van der Waals surface area contributed by atoms with Gasteiger partial charge in [-0.15, -0.1) is 0 Å². The van der Waals surface area contributed by atoms with E-state index in [1.807, 2.05) is 0 Å². The highest BCUT2D eigenvalue weighted by molar-refractivity contribution is 5.82. The molecule has 11 heavy (non-hydrogen) atoms. The second-order valence-corrected chi connectivity index (χ2v) is 2.03. The summed E-state index contributed by atoms with van der Waals surface area (Å²) >= 11 is 0. The molecule has 1 aromatic rings. The molecule has 1 amide bonds. The van der Waals surface area contributed by atoms with Gasteiger partial charge in [-0.3, -0.25) is 5.32 Å². The van der Waals surface area contributed by atoms with E-state index in [0.29, 0.717) is 5.88 Å². The Labute approximate surface area is 64.1 Å². The summed E-state index contributed by atoms with van der Waals surface area (Å²) in [5.74, 6) is 1.14. The number of carbonyl (C=O) groups excluding carboxylic acids is 1. The van der Waals surface area contributed by atoms with Crippen LogP contribution < -0.4 is 5.32 Å². The van der Waals surface area contributed by atoms with Gasteiger partial charge in [0.05, 0.1) is 7.11 Å². The van der Waals surface area contributed by atoms with Crippen LogP contribution in [0.25, 0.3) is 0 Å². The van der Waals surface area contributed by atoms with Crippen LogP contribution in [-0.2, 0) is 4.74 Å². The molecule has 0 fully saturated rings. The highest BCUT2D eigenvalue weighted by Gasteiger charge is 2.02. The summed E-state index contributed by atoms with van der Waals surface area (Å²) in [5.41, 5.74) is 0. The van der Waals surface area contributed by atoms with Gasteiger partial charge < -0.3 is 9.15 Å². The Morgan fingerprint density at radius 1 is 1.64 bits per heavy atom. The molecule has 1 rings (SSSR count). The van der Waals surface area contributed by atoms with Gasteiger partial charge in [0.2, 0.25) is 5.88 Å². The molecule has 0 bridgehead atoms. The van der Waals surface area contributed by atoms with Gasteiger partial charge in [-0.05, 0) is 13.0 Å². The van der Waals surface area contributed by atoms with Gasteiger partial charge >= 0.3 is 6.09 Å². The number of amides is 1. The lowest BCUT2D eigenvalue weighted by Crippen LogP contribution is -2.09. The van der Waals surface area contributed by atoms with E-state index in [1.54, 1.807) is 19.1 Å². The van der Waals surface area contributed by atoms with Crippen LogP contribution in [0.4, 0.5) is 10.7 Å². The Kier molecular flexibility index (Phi) is 2.15. The van der Waals surface area contributed by atoms with Gasteiger partial charge in [0.15, 0.2) is 0 Å². The standard InChI is InChI=1S/C7H9NO3/c1-5-3-4-6(11-5)8-7(9)10-2/h3-4H,1-2H3,(H,8,9). The topological polar surface area (TPSA) is 51.5 Å². The maximum absolute atomic E-state index is 10.6. The third-order valence-electron chi connectivity index (χ3n) is 1.15. The Morgan fingerprint density at radius 2 is 2.36 bits per heavy atom.